The molecule has 1 fully saturated rings. The van der Waals surface area contributed by atoms with Crippen molar-refractivity contribution >= 4 is 26.6 Å². The van der Waals surface area contributed by atoms with Gasteiger partial charge in [-0.2, -0.15) is 0 Å². The fourth-order valence-electron chi connectivity index (χ4n) is 5.30. The van der Waals surface area contributed by atoms with Gasteiger partial charge >= 0.3 is 0 Å². The molecule has 1 atom stereocenters. The summed E-state index contributed by atoms with van der Waals surface area (Å²) >= 11 is 0. The number of carbonyl (C=O) groups is 1. The molecule has 4 aromatic rings. The van der Waals surface area contributed by atoms with Gasteiger partial charge in [0.1, 0.15) is 5.75 Å². The van der Waals surface area contributed by atoms with Crippen LogP contribution in [0.1, 0.15) is 33.1 Å². The maximum Gasteiger partial charge on any atom is 0.257 e. The number of amides is 1. The van der Waals surface area contributed by atoms with Crippen LogP contribution in [0.4, 0.5) is 0 Å². The molecule has 2 N–H and O–H groups in total. The van der Waals surface area contributed by atoms with E-state index in [9.17, 15) is 18.3 Å². The summed E-state index contributed by atoms with van der Waals surface area (Å²) in [6.07, 6.45) is 5.12. The SMILES string of the molecule is O=C(c1cncc2cc[nH]c12)N1CCN(C2c3ccccc3CS(=O)(=O)c3ccc(O)cc32)CC1. The summed E-state index contributed by atoms with van der Waals surface area (Å²) in [6, 6.07) is 13.6. The number of benzene rings is 2. The third-order valence-electron chi connectivity index (χ3n) is 6.98. The number of hydrogen-bond acceptors (Lipinski definition) is 6. The second-order valence-electron chi connectivity index (χ2n) is 9.04. The summed E-state index contributed by atoms with van der Waals surface area (Å²) in [7, 11) is -3.57. The monoisotopic (exact) mass is 488 g/mol. The van der Waals surface area contributed by atoms with Crippen LogP contribution < -0.4 is 0 Å². The Morgan fingerprint density at radius 1 is 1.00 bits per heavy atom. The van der Waals surface area contributed by atoms with Gasteiger partial charge in [0.05, 0.1) is 27.8 Å². The third-order valence-corrected chi connectivity index (χ3v) is 8.71. The van der Waals surface area contributed by atoms with Gasteiger partial charge in [0.2, 0.25) is 0 Å². The predicted octanol–water partition coefficient (Wildman–Crippen LogP) is 3.10. The van der Waals surface area contributed by atoms with E-state index in [1.165, 1.54) is 12.1 Å². The van der Waals surface area contributed by atoms with E-state index in [0.717, 1.165) is 22.0 Å². The van der Waals surface area contributed by atoms with Crippen molar-refractivity contribution in [3.8, 4) is 5.75 Å². The quantitative estimate of drug-likeness (QED) is 0.449. The molecular weight excluding hydrogens is 464 g/mol. The molecule has 0 aliphatic carbocycles. The first-order valence-corrected chi connectivity index (χ1v) is 13.2. The zero-order chi connectivity index (χ0) is 24.2. The van der Waals surface area contributed by atoms with Crippen LogP contribution >= 0.6 is 0 Å². The number of carbonyl (C=O) groups excluding carboxylic acids is 1. The van der Waals surface area contributed by atoms with E-state index < -0.39 is 9.84 Å². The molecule has 9 heteroatoms. The standard InChI is InChI=1S/C26H24N4O4S/c31-19-5-6-23-21(13-19)25(20-4-2-1-3-18(20)16-35(23,33)34)29-9-11-30(12-10-29)26(32)22-15-27-14-17-7-8-28-24(17)22/h1-8,13-15,25,28,31H,9-12,16H2. The van der Waals surface area contributed by atoms with Crippen LogP contribution in [0.5, 0.6) is 5.75 Å². The Hall–Kier alpha value is -3.69. The Morgan fingerprint density at radius 3 is 2.63 bits per heavy atom. The average Bonchev–Trinajstić information content (AvgIpc) is 3.31. The van der Waals surface area contributed by atoms with Gasteiger partial charge < -0.3 is 15.0 Å². The predicted molar refractivity (Wildman–Crippen MR) is 131 cm³/mol. The molecule has 2 aliphatic heterocycles. The van der Waals surface area contributed by atoms with Crippen molar-refractivity contribution in [3.05, 3.63) is 89.4 Å². The summed E-state index contributed by atoms with van der Waals surface area (Å²) < 4.78 is 26.4. The molecule has 1 unspecified atom stereocenters. The number of aromatic amines is 1. The topological polar surface area (TPSA) is 107 Å². The number of hydrogen-bond donors (Lipinski definition) is 2. The van der Waals surface area contributed by atoms with E-state index in [4.69, 9.17) is 0 Å². The van der Waals surface area contributed by atoms with Crippen LogP contribution in [0.3, 0.4) is 0 Å². The Balaban J connectivity index is 1.34. The number of fused-ring (bicyclic) bond motifs is 3. The van der Waals surface area contributed by atoms with Crippen LogP contribution in [0.15, 0.2) is 72.0 Å². The molecule has 0 spiro atoms. The lowest BCUT2D eigenvalue weighted by Crippen LogP contribution is -2.50. The number of nitrogens with zero attached hydrogens (tertiary/aromatic N) is 3. The number of pyridine rings is 1. The van der Waals surface area contributed by atoms with Crippen LogP contribution in [-0.2, 0) is 15.6 Å². The van der Waals surface area contributed by atoms with Crippen LogP contribution in [0, 0.1) is 0 Å². The van der Waals surface area contributed by atoms with Crippen molar-refractivity contribution in [2.45, 2.75) is 16.7 Å². The van der Waals surface area contributed by atoms with Crippen LogP contribution in [0.2, 0.25) is 0 Å². The minimum atomic E-state index is -3.57. The van der Waals surface area contributed by atoms with Crippen molar-refractivity contribution in [1.82, 2.24) is 19.8 Å². The highest BCUT2D eigenvalue weighted by Gasteiger charge is 2.36. The second-order valence-corrected chi connectivity index (χ2v) is 11.0. The van der Waals surface area contributed by atoms with E-state index in [0.29, 0.717) is 37.3 Å². The molecule has 2 aliphatic rings. The molecule has 1 saturated heterocycles. The molecule has 0 bridgehead atoms. The van der Waals surface area contributed by atoms with Gasteiger partial charge in [0.15, 0.2) is 9.84 Å². The number of phenolic OH excluding ortho intramolecular Hbond substituents is 1. The Morgan fingerprint density at radius 2 is 1.80 bits per heavy atom. The zero-order valence-electron chi connectivity index (χ0n) is 18.9. The van der Waals surface area contributed by atoms with E-state index in [1.807, 2.05) is 35.2 Å². The van der Waals surface area contributed by atoms with Crippen molar-refractivity contribution in [2.24, 2.45) is 0 Å². The van der Waals surface area contributed by atoms with Crippen LogP contribution in [-0.4, -0.2) is 65.4 Å². The summed E-state index contributed by atoms with van der Waals surface area (Å²) in [4.78, 5) is 24.9. The van der Waals surface area contributed by atoms with Gasteiger partial charge in [0.25, 0.3) is 5.91 Å². The fraction of sp³-hybridized carbons (Fsp3) is 0.231. The molecule has 2 aromatic carbocycles. The molecule has 8 nitrogen and oxygen atoms in total. The molecular formula is C26H24N4O4S. The lowest BCUT2D eigenvalue weighted by molar-refractivity contribution is 0.0597. The summed E-state index contributed by atoms with van der Waals surface area (Å²) in [6.45, 7) is 2.12. The first-order chi connectivity index (χ1) is 16.9. The lowest BCUT2D eigenvalue weighted by atomic mass is 9.93. The number of H-pyrrole nitrogens is 1. The first-order valence-electron chi connectivity index (χ1n) is 11.5. The fourth-order valence-corrected chi connectivity index (χ4v) is 6.94. The minimum Gasteiger partial charge on any atom is -0.508 e. The number of phenols is 1. The van der Waals surface area contributed by atoms with E-state index in [-0.39, 0.29) is 28.3 Å². The largest absolute Gasteiger partial charge is 0.508 e. The van der Waals surface area contributed by atoms with Gasteiger partial charge in [-0.25, -0.2) is 8.42 Å². The summed E-state index contributed by atoms with van der Waals surface area (Å²) in [5.74, 6) is -0.126. The van der Waals surface area contributed by atoms with Crippen molar-refractivity contribution in [2.75, 3.05) is 26.2 Å². The van der Waals surface area contributed by atoms with E-state index in [2.05, 4.69) is 14.9 Å². The molecule has 178 valence electrons. The normalized spacial score (nSPS) is 19.7. The highest BCUT2D eigenvalue weighted by molar-refractivity contribution is 7.90. The zero-order valence-corrected chi connectivity index (χ0v) is 19.7. The molecule has 2 aromatic heterocycles. The Bertz CT molecular complexity index is 1550. The molecule has 4 heterocycles. The van der Waals surface area contributed by atoms with Gasteiger partial charge in [-0.15, -0.1) is 0 Å². The maximum atomic E-state index is 13.3. The summed E-state index contributed by atoms with van der Waals surface area (Å²) in [5.41, 5.74) is 3.58. The van der Waals surface area contributed by atoms with E-state index in [1.54, 1.807) is 24.7 Å². The maximum absolute atomic E-state index is 13.3. The van der Waals surface area contributed by atoms with Gasteiger partial charge in [-0.1, -0.05) is 24.3 Å². The second kappa shape index (κ2) is 8.21. The number of nitrogens with one attached hydrogen (secondary N) is 1. The highest BCUT2D eigenvalue weighted by atomic mass is 32.2. The summed E-state index contributed by atoms with van der Waals surface area (Å²) in [5, 5.41) is 11.1. The Labute approximate surface area is 202 Å². The van der Waals surface area contributed by atoms with Gasteiger partial charge in [-0.05, 0) is 41.0 Å². The molecule has 35 heavy (non-hydrogen) atoms. The Kier molecular flexibility index (Phi) is 5.12. The third kappa shape index (κ3) is 3.67. The first kappa shape index (κ1) is 21.8. The van der Waals surface area contributed by atoms with Crippen molar-refractivity contribution < 1.29 is 18.3 Å². The van der Waals surface area contributed by atoms with Crippen molar-refractivity contribution in [1.29, 1.82) is 0 Å². The average molecular weight is 489 g/mol. The highest BCUT2D eigenvalue weighted by Crippen LogP contribution is 2.41. The number of rotatable bonds is 2. The lowest BCUT2D eigenvalue weighted by Gasteiger charge is -2.40. The van der Waals surface area contributed by atoms with E-state index >= 15 is 0 Å². The van der Waals surface area contributed by atoms with Gasteiger partial charge in [0, 0.05) is 50.2 Å². The molecule has 1 amide bonds. The van der Waals surface area contributed by atoms with Gasteiger partial charge in [-0.3, -0.25) is 14.7 Å². The number of sulfone groups is 1. The molecule has 0 saturated carbocycles. The molecule has 6 rings (SSSR count). The number of aromatic hydroxyl groups is 1. The van der Waals surface area contributed by atoms with Crippen molar-refractivity contribution in [3.63, 3.8) is 0 Å². The number of aromatic nitrogens is 2. The molecule has 0 radical (unpaired) electrons. The minimum absolute atomic E-state index is 0.0312. The smallest absolute Gasteiger partial charge is 0.257 e. The number of piperazine rings is 1. The van der Waals surface area contributed by atoms with Crippen LogP contribution in [0.25, 0.3) is 10.9 Å².